The molecule has 7 nitrogen and oxygen atoms in total. The first-order valence-corrected chi connectivity index (χ1v) is 5.59. The number of imidazole rings is 1. The van der Waals surface area contributed by atoms with E-state index in [9.17, 15) is 18.0 Å². The highest BCUT2D eigenvalue weighted by Gasteiger charge is 2.41. The summed E-state index contributed by atoms with van der Waals surface area (Å²) in [6, 6.07) is 0. The van der Waals surface area contributed by atoms with Gasteiger partial charge in [0.2, 0.25) is 5.69 Å². The molecule has 0 aliphatic heterocycles. The molecule has 1 N–H and O–H groups in total. The number of aromatic nitrogens is 5. The van der Waals surface area contributed by atoms with Crippen LogP contribution >= 0.6 is 0 Å². The van der Waals surface area contributed by atoms with Gasteiger partial charge in [0.25, 0.3) is 0 Å². The molecule has 0 spiro atoms. The van der Waals surface area contributed by atoms with Crippen molar-refractivity contribution in [3.63, 3.8) is 0 Å². The molecule has 0 aromatic carbocycles. The number of rotatable bonds is 5. The van der Waals surface area contributed by atoms with E-state index in [1.54, 1.807) is 17.0 Å². The molecule has 0 bridgehead atoms. The summed E-state index contributed by atoms with van der Waals surface area (Å²) in [5.41, 5.74) is -2.42. The van der Waals surface area contributed by atoms with Crippen LogP contribution < -0.4 is 0 Å². The molecule has 0 fully saturated rings. The fourth-order valence-corrected chi connectivity index (χ4v) is 1.72. The molecule has 0 aliphatic carbocycles. The highest BCUT2D eigenvalue weighted by atomic mass is 19.4. The molecule has 2 aromatic rings. The summed E-state index contributed by atoms with van der Waals surface area (Å²) in [6.07, 6.45) is 0.288. The number of carbonyl (C=O) groups is 1. The maximum absolute atomic E-state index is 12.8. The number of carboxylic acids is 1. The van der Waals surface area contributed by atoms with Crippen molar-refractivity contribution >= 4 is 5.97 Å². The average Bonchev–Trinajstić information content (AvgIpc) is 2.96. The van der Waals surface area contributed by atoms with E-state index in [2.05, 4.69) is 15.3 Å². The summed E-state index contributed by atoms with van der Waals surface area (Å²) in [6.45, 7) is 0.354. The number of hydrogen-bond acceptors (Lipinski definition) is 4. The Morgan fingerprint density at radius 2 is 2.10 bits per heavy atom. The monoisotopic (exact) mass is 289 g/mol. The second-order valence-electron chi connectivity index (χ2n) is 3.97. The Hall–Kier alpha value is -2.39. The molecule has 0 unspecified atom stereocenters. The Morgan fingerprint density at radius 1 is 1.35 bits per heavy atom. The van der Waals surface area contributed by atoms with Crippen LogP contribution in [0.5, 0.6) is 0 Å². The standard InChI is InChI=1S/C10H10F3N5O2/c11-10(12,13)8-7(9(19)20)15-16-18(8)4-1-3-17-5-2-14-6-17/h2,5-6H,1,3-4H2,(H,19,20). The number of aryl methyl sites for hydroxylation is 2. The third kappa shape index (κ3) is 2.95. The lowest BCUT2D eigenvalue weighted by Crippen LogP contribution is -2.19. The molecule has 108 valence electrons. The summed E-state index contributed by atoms with van der Waals surface area (Å²) in [5, 5.41) is 15.0. The van der Waals surface area contributed by atoms with E-state index >= 15 is 0 Å². The summed E-state index contributed by atoms with van der Waals surface area (Å²) in [4.78, 5) is 14.5. The predicted octanol–water partition coefficient (Wildman–Crippen LogP) is 1.28. The van der Waals surface area contributed by atoms with Gasteiger partial charge in [-0.1, -0.05) is 5.21 Å². The minimum absolute atomic E-state index is 0.0900. The average molecular weight is 289 g/mol. The van der Waals surface area contributed by atoms with Gasteiger partial charge in [-0.05, 0) is 6.42 Å². The number of nitrogens with zero attached hydrogens (tertiary/aromatic N) is 5. The van der Waals surface area contributed by atoms with Gasteiger partial charge in [-0.2, -0.15) is 13.2 Å². The van der Waals surface area contributed by atoms with Gasteiger partial charge in [0.1, 0.15) is 0 Å². The summed E-state index contributed by atoms with van der Waals surface area (Å²) < 4.78 is 40.7. The molecule has 2 rings (SSSR count). The zero-order valence-electron chi connectivity index (χ0n) is 10.1. The van der Waals surface area contributed by atoms with Crippen LogP contribution in [-0.4, -0.2) is 35.6 Å². The van der Waals surface area contributed by atoms with Crippen molar-refractivity contribution < 1.29 is 23.1 Å². The Balaban J connectivity index is 2.13. The third-order valence-electron chi connectivity index (χ3n) is 2.55. The quantitative estimate of drug-likeness (QED) is 0.896. The van der Waals surface area contributed by atoms with Crippen LogP contribution in [0.25, 0.3) is 0 Å². The van der Waals surface area contributed by atoms with Crippen molar-refractivity contribution in [3.05, 3.63) is 30.1 Å². The molecule has 10 heteroatoms. The fourth-order valence-electron chi connectivity index (χ4n) is 1.72. The van der Waals surface area contributed by atoms with Gasteiger partial charge in [0.15, 0.2) is 5.69 Å². The summed E-state index contributed by atoms with van der Waals surface area (Å²) in [7, 11) is 0. The highest BCUT2D eigenvalue weighted by molar-refractivity contribution is 5.86. The molecule has 0 radical (unpaired) electrons. The lowest BCUT2D eigenvalue weighted by Gasteiger charge is -2.10. The van der Waals surface area contributed by atoms with Crippen LogP contribution in [0.2, 0.25) is 0 Å². The number of alkyl halides is 3. The van der Waals surface area contributed by atoms with Gasteiger partial charge >= 0.3 is 12.1 Å². The SMILES string of the molecule is O=C(O)c1nnn(CCCn2ccnc2)c1C(F)(F)F. The van der Waals surface area contributed by atoms with Crippen LogP contribution in [-0.2, 0) is 19.3 Å². The smallest absolute Gasteiger partial charge is 0.435 e. The molecule has 0 amide bonds. The van der Waals surface area contributed by atoms with Crippen LogP contribution in [0.3, 0.4) is 0 Å². The van der Waals surface area contributed by atoms with Crippen LogP contribution in [0.15, 0.2) is 18.7 Å². The summed E-state index contributed by atoms with van der Waals surface area (Å²) in [5.74, 6) is -1.75. The van der Waals surface area contributed by atoms with E-state index < -0.39 is 23.5 Å². The molecule has 2 aromatic heterocycles. The lowest BCUT2D eigenvalue weighted by molar-refractivity contribution is -0.144. The van der Waals surface area contributed by atoms with Gasteiger partial charge in [0, 0.05) is 25.5 Å². The minimum atomic E-state index is -4.81. The Bertz CT molecular complexity index is 591. The maximum atomic E-state index is 12.8. The third-order valence-corrected chi connectivity index (χ3v) is 2.55. The van der Waals surface area contributed by atoms with E-state index in [4.69, 9.17) is 5.11 Å². The van der Waals surface area contributed by atoms with Gasteiger partial charge < -0.3 is 9.67 Å². The zero-order valence-corrected chi connectivity index (χ0v) is 10.1. The molecular formula is C10H10F3N5O2. The topological polar surface area (TPSA) is 85.8 Å². The van der Waals surface area contributed by atoms with Gasteiger partial charge in [-0.25, -0.2) is 14.5 Å². The lowest BCUT2D eigenvalue weighted by atomic mass is 10.3. The first-order valence-electron chi connectivity index (χ1n) is 5.59. The summed E-state index contributed by atoms with van der Waals surface area (Å²) >= 11 is 0. The van der Waals surface area contributed by atoms with Crippen molar-refractivity contribution in [2.24, 2.45) is 0 Å². The predicted molar refractivity (Wildman–Crippen MR) is 58.8 cm³/mol. The van der Waals surface area contributed by atoms with Crippen molar-refractivity contribution in [2.75, 3.05) is 0 Å². The second-order valence-corrected chi connectivity index (χ2v) is 3.97. The number of carboxylic acid groups (broad SMARTS) is 1. The van der Waals surface area contributed by atoms with Crippen molar-refractivity contribution in [1.29, 1.82) is 0 Å². The molecule has 0 atom stereocenters. The van der Waals surface area contributed by atoms with Crippen LogP contribution in [0.4, 0.5) is 13.2 Å². The van der Waals surface area contributed by atoms with E-state index in [1.807, 2.05) is 0 Å². The van der Waals surface area contributed by atoms with Crippen molar-refractivity contribution in [2.45, 2.75) is 25.7 Å². The normalized spacial score (nSPS) is 11.8. The first-order chi connectivity index (χ1) is 9.39. The maximum Gasteiger partial charge on any atom is 0.435 e. The number of halogens is 3. The van der Waals surface area contributed by atoms with Crippen LogP contribution in [0, 0.1) is 0 Å². The Labute approximate surface area is 110 Å². The Morgan fingerprint density at radius 3 is 2.65 bits per heavy atom. The van der Waals surface area contributed by atoms with Crippen molar-refractivity contribution in [3.8, 4) is 0 Å². The fraction of sp³-hybridized carbons (Fsp3) is 0.400. The number of aromatic carboxylic acids is 1. The minimum Gasteiger partial charge on any atom is -0.476 e. The molecule has 0 aliphatic rings. The second kappa shape index (κ2) is 5.31. The van der Waals surface area contributed by atoms with E-state index in [1.165, 1.54) is 6.33 Å². The Kier molecular flexibility index (Phi) is 3.72. The van der Waals surface area contributed by atoms with Gasteiger partial charge in [-0.15, -0.1) is 5.10 Å². The molecule has 20 heavy (non-hydrogen) atoms. The van der Waals surface area contributed by atoms with E-state index in [0.29, 0.717) is 17.6 Å². The molecular weight excluding hydrogens is 279 g/mol. The zero-order chi connectivity index (χ0) is 14.8. The largest absolute Gasteiger partial charge is 0.476 e. The van der Waals surface area contributed by atoms with Crippen molar-refractivity contribution in [1.82, 2.24) is 24.5 Å². The van der Waals surface area contributed by atoms with Gasteiger partial charge in [-0.3, -0.25) is 0 Å². The van der Waals surface area contributed by atoms with Crippen LogP contribution in [0.1, 0.15) is 22.6 Å². The van der Waals surface area contributed by atoms with E-state index in [0.717, 1.165) is 0 Å². The molecule has 0 saturated heterocycles. The van der Waals surface area contributed by atoms with Gasteiger partial charge in [0.05, 0.1) is 6.33 Å². The molecule has 0 saturated carbocycles. The molecule has 2 heterocycles. The first kappa shape index (κ1) is 14.0. The van der Waals surface area contributed by atoms with E-state index in [-0.39, 0.29) is 6.54 Å². The number of hydrogen-bond donors (Lipinski definition) is 1. The highest BCUT2D eigenvalue weighted by Crippen LogP contribution is 2.31.